The molecule has 0 aliphatic carbocycles. The third kappa shape index (κ3) is 2.09. The molecule has 1 aliphatic rings. The van der Waals surface area contributed by atoms with Gasteiger partial charge in [-0.2, -0.15) is 0 Å². The van der Waals surface area contributed by atoms with Gasteiger partial charge in [-0.15, -0.1) is 0 Å². The lowest BCUT2D eigenvalue weighted by atomic mass is 10.2. The van der Waals surface area contributed by atoms with Crippen molar-refractivity contribution in [3.63, 3.8) is 0 Å². The Hall–Kier alpha value is 0.137. The van der Waals surface area contributed by atoms with E-state index in [0.717, 1.165) is 13.1 Å². The van der Waals surface area contributed by atoms with Crippen LogP contribution in [0.25, 0.3) is 0 Å². The molecule has 1 heterocycles. The Bertz CT molecular complexity index is 124. The SMILES string of the molecule is CC[Si](CC)(CC)OC1CNC1. The highest BCUT2D eigenvalue weighted by Crippen LogP contribution is 2.24. The highest BCUT2D eigenvalue weighted by Gasteiger charge is 2.33. The summed E-state index contributed by atoms with van der Waals surface area (Å²) in [4.78, 5) is 0. The molecule has 0 aromatic heterocycles. The van der Waals surface area contributed by atoms with E-state index in [4.69, 9.17) is 4.43 Å². The van der Waals surface area contributed by atoms with Crippen LogP contribution in [-0.2, 0) is 4.43 Å². The van der Waals surface area contributed by atoms with Crippen molar-refractivity contribution in [2.75, 3.05) is 13.1 Å². The van der Waals surface area contributed by atoms with E-state index in [-0.39, 0.29) is 0 Å². The molecule has 0 aromatic rings. The molecule has 0 unspecified atom stereocenters. The van der Waals surface area contributed by atoms with Crippen LogP contribution in [0.2, 0.25) is 18.1 Å². The first-order valence-electron chi connectivity index (χ1n) is 5.15. The fourth-order valence-corrected chi connectivity index (χ4v) is 4.57. The summed E-state index contributed by atoms with van der Waals surface area (Å²) in [6.07, 6.45) is 0.538. The zero-order valence-corrected chi connectivity index (χ0v) is 9.52. The maximum absolute atomic E-state index is 6.20. The van der Waals surface area contributed by atoms with E-state index in [1.54, 1.807) is 0 Å². The van der Waals surface area contributed by atoms with E-state index in [9.17, 15) is 0 Å². The van der Waals surface area contributed by atoms with Gasteiger partial charge >= 0.3 is 0 Å². The second-order valence-corrected chi connectivity index (χ2v) is 8.36. The Labute approximate surface area is 76.8 Å². The van der Waals surface area contributed by atoms with Crippen LogP contribution >= 0.6 is 0 Å². The van der Waals surface area contributed by atoms with Gasteiger partial charge in [0.25, 0.3) is 0 Å². The van der Waals surface area contributed by atoms with Crippen LogP contribution in [-0.4, -0.2) is 27.5 Å². The van der Waals surface area contributed by atoms with Crippen LogP contribution < -0.4 is 5.32 Å². The number of hydrogen-bond donors (Lipinski definition) is 1. The van der Waals surface area contributed by atoms with Crippen LogP contribution in [0.4, 0.5) is 0 Å². The lowest BCUT2D eigenvalue weighted by Crippen LogP contribution is -2.54. The average molecular weight is 187 g/mol. The summed E-state index contributed by atoms with van der Waals surface area (Å²) in [7, 11) is -1.29. The summed E-state index contributed by atoms with van der Waals surface area (Å²) in [5.74, 6) is 0. The van der Waals surface area contributed by atoms with Crippen LogP contribution in [0.1, 0.15) is 20.8 Å². The summed E-state index contributed by atoms with van der Waals surface area (Å²) >= 11 is 0. The first kappa shape index (κ1) is 10.2. The number of rotatable bonds is 5. The molecule has 0 bridgehead atoms. The topological polar surface area (TPSA) is 21.3 Å². The first-order chi connectivity index (χ1) is 5.76. The molecule has 72 valence electrons. The molecule has 0 atom stereocenters. The molecule has 0 aromatic carbocycles. The molecular weight excluding hydrogens is 166 g/mol. The third-order valence-corrected chi connectivity index (χ3v) is 7.79. The Morgan fingerprint density at radius 2 is 1.67 bits per heavy atom. The summed E-state index contributed by atoms with van der Waals surface area (Å²) in [5.41, 5.74) is 0. The van der Waals surface area contributed by atoms with Crippen LogP contribution in [0.5, 0.6) is 0 Å². The standard InChI is InChI=1S/C9H21NOSi/c1-4-12(5-2,6-3)11-9-7-10-8-9/h9-10H,4-8H2,1-3H3. The molecule has 3 heteroatoms. The molecule has 12 heavy (non-hydrogen) atoms. The predicted molar refractivity (Wildman–Crippen MR) is 54.9 cm³/mol. The van der Waals surface area contributed by atoms with Gasteiger partial charge in [0.2, 0.25) is 0 Å². The van der Waals surface area contributed by atoms with Crippen molar-refractivity contribution < 1.29 is 4.43 Å². The lowest BCUT2D eigenvalue weighted by molar-refractivity contribution is 0.129. The van der Waals surface area contributed by atoms with Crippen molar-refractivity contribution in [2.24, 2.45) is 0 Å². The lowest BCUT2D eigenvalue weighted by Gasteiger charge is -2.37. The highest BCUT2D eigenvalue weighted by molar-refractivity contribution is 6.73. The minimum Gasteiger partial charge on any atom is -0.411 e. The van der Waals surface area contributed by atoms with E-state index >= 15 is 0 Å². The van der Waals surface area contributed by atoms with Crippen molar-refractivity contribution in [3.05, 3.63) is 0 Å². The van der Waals surface area contributed by atoms with Crippen molar-refractivity contribution in [1.82, 2.24) is 5.32 Å². The summed E-state index contributed by atoms with van der Waals surface area (Å²) in [6, 6.07) is 3.82. The molecule has 1 fully saturated rings. The van der Waals surface area contributed by atoms with E-state index in [1.165, 1.54) is 18.1 Å². The van der Waals surface area contributed by atoms with Gasteiger partial charge in [-0.05, 0) is 18.1 Å². The Kier molecular flexibility index (Phi) is 3.74. The maximum Gasteiger partial charge on any atom is 0.192 e. The molecule has 1 saturated heterocycles. The van der Waals surface area contributed by atoms with E-state index in [0.29, 0.717) is 6.10 Å². The molecule has 1 aliphatic heterocycles. The molecule has 0 saturated carbocycles. The van der Waals surface area contributed by atoms with E-state index < -0.39 is 8.32 Å². The van der Waals surface area contributed by atoms with Crippen LogP contribution in [0, 0.1) is 0 Å². The van der Waals surface area contributed by atoms with Crippen molar-refractivity contribution in [3.8, 4) is 0 Å². The van der Waals surface area contributed by atoms with Crippen molar-refractivity contribution in [1.29, 1.82) is 0 Å². The Morgan fingerprint density at radius 1 is 1.17 bits per heavy atom. The van der Waals surface area contributed by atoms with Gasteiger partial charge in [0.15, 0.2) is 8.32 Å². The number of nitrogens with one attached hydrogen (secondary N) is 1. The molecule has 0 radical (unpaired) electrons. The van der Waals surface area contributed by atoms with Gasteiger partial charge in [-0.1, -0.05) is 20.8 Å². The van der Waals surface area contributed by atoms with Gasteiger partial charge in [0, 0.05) is 13.1 Å². The zero-order valence-electron chi connectivity index (χ0n) is 8.52. The second-order valence-electron chi connectivity index (χ2n) is 3.64. The molecular formula is C9H21NOSi. The van der Waals surface area contributed by atoms with Gasteiger partial charge in [0.05, 0.1) is 6.10 Å². The van der Waals surface area contributed by atoms with Crippen molar-refractivity contribution >= 4 is 8.32 Å². The van der Waals surface area contributed by atoms with Gasteiger partial charge < -0.3 is 9.74 Å². The third-order valence-electron chi connectivity index (χ3n) is 3.09. The largest absolute Gasteiger partial charge is 0.411 e. The molecule has 2 nitrogen and oxygen atoms in total. The van der Waals surface area contributed by atoms with Crippen LogP contribution in [0.3, 0.4) is 0 Å². The maximum atomic E-state index is 6.20. The normalized spacial score (nSPS) is 19.2. The van der Waals surface area contributed by atoms with Gasteiger partial charge in [-0.25, -0.2) is 0 Å². The Balaban J connectivity index is 2.39. The minimum absolute atomic E-state index is 0.538. The first-order valence-corrected chi connectivity index (χ1v) is 7.67. The molecule has 0 amide bonds. The summed E-state index contributed by atoms with van der Waals surface area (Å²) in [5, 5.41) is 3.25. The van der Waals surface area contributed by atoms with Crippen molar-refractivity contribution in [2.45, 2.75) is 45.0 Å². The predicted octanol–water partition coefficient (Wildman–Crippen LogP) is 1.98. The highest BCUT2D eigenvalue weighted by atomic mass is 28.4. The van der Waals surface area contributed by atoms with E-state index in [2.05, 4.69) is 26.1 Å². The van der Waals surface area contributed by atoms with Crippen LogP contribution in [0.15, 0.2) is 0 Å². The minimum atomic E-state index is -1.29. The molecule has 1 N–H and O–H groups in total. The van der Waals surface area contributed by atoms with E-state index in [1.807, 2.05) is 0 Å². The Morgan fingerprint density at radius 3 is 1.92 bits per heavy atom. The fraction of sp³-hybridized carbons (Fsp3) is 1.00. The molecule has 1 rings (SSSR count). The monoisotopic (exact) mass is 187 g/mol. The quantitative estimate of drug-likeness (QED) is 0.665. The second kappa shape index (κ2) is 4.39. The molecule has 0 spiro atoms. The summed E-state index contributed by atoms with van der Waals surface area (Å²) < 4.78 is 6.20. The van der Waals surface area contributed by atoms with Gasteiger partial charge in [-0.3, -0.25) is 0 Å². The number of hydrogen-bond acceptors (Lipinski definition) is 2. The zero-order chi connectivity index (χ0) is 9.03. The van der Waals surface area contributed by atoms with Gasteiger partial charge in [0.1, 0.15) is 0 Å². The summed E-state index contributed by atoms with van der Waals surface area (Å²) in [6.45, 7) is 9.01. The average Bonchev–Trinajstić information content (AvgIpc) is 2.05. The smallest absolute Gasteiger partial charge is 0.192 e. The fourth-order valence-electron chi connectivity index (χ4n) is 1.70.